The second kappa shape index (κ2) is 6.90. The fourth-order valence-corrected chi connectivity index (χ4v) is 3.09. The molecule has 100 valence electrons. The standard InChI is InChI=1S/C14H19BrClNO/c1-17-14(7-5-11-3-2-8-18-11)12-9-10(15)4-6-13(12)16/h4,6,9,11,14,17H,2-3,5,7-8H2,1H3. The van der Waals surface area contributed by atoms with Crippen LogP contribution in [0.5, 0.6) is 0 Å². The number of halogens is 2. The first kappa shape index (κ1) is 14.3. The molecule has 2 atom stereocenters. The van der Waals surface area contributed by atoms with Crippen molar-refractivity contribution in [1.82, 2.24) is 5.32 Å². The molecule has 2 rings (SSSR count). The third-order valence-electron chi connectivity index (χ3n) is 3.48. The molecule has 2 unspecified atom stereocenters. The van der Waals surface area contributed by atoms with Crippen LogP contribution in [0.2, 0.25) is 5.02 Å². The predicted molar refractivity (Wildman–Crippen MR) is 79.2 cm³/mol. The van der Waals surface area contributed by atoms with Crippen molar-refractivity contribution in [2.24, 2.45) is 0 Å². The summed E-state index contributed by atoms with van der Waals surface area (Å²) in [4.78, 5) is 0. The van der Waals surface area contributed by atoms with Gasteiger partial charge in [0, 0.05) is 22.1 Å². The van der Waals surface area contributed by atoms with Gasteiger partial charge in [-0.1, -0.05) is 27.5 Å². The van der Waals surface area contributed by atoms with Gasteiger partial charge in [-0.25, -0.2) is 0 Å². The molecule has 1 aliphatic rings. The lowest BCUT2D eigenvalue weighted by Crippen LogP contribution is -2.19. The van der Waals surface area contributed by atoms with Crippen molar-refractivity contribution in [1.29, 1.82) is 0 Å². The topological polar surface area (TPSA) is 21.3 Å². The van der Waals surface area contributed by atoms with Crippen LogP contribution in [0.1, 0.15) is 37.3 Å². The molecular weight excluding hydrogens is 314 g/mol. The molecule has 1 heterocycles. The molecular formula is C14H19BrClNO. The summed E-state index contributed by atoms with van der Waals surface area (Å²) in [6.07, 6.45) is 4.98. The highest BCUT2D eigenvalue weighted by Gasteiger charge is 2.19. The van der Waals surface area contributed by atoms with E-state index in [1.165, 1.54) is 12.8 Å². The van der Waals surface area contributed by atoms with Gasteiger partial charge in [0.1, 0.15) is 0 Å². The van der Waals surface area contributed by atoms with Crippen LogP contribution in [0.25, 0.3) is 0 Å². The first-order valence-electron chi connectivity index (χ1n) is 6.44. The van der Waals surface area contributed by atoms with Crippen molar-refractivity contribution in [3.63, 3.8) is 0 Å². The van der Waals surface area contributed by atoms with Crippen molar-refractivity contribution in [2.75, 3.05) is 13.7 Å². The number of nitrogens with one attached hydrogen (secondary N) is 1. The maximum absolute atomic E-state index is 6.27. The summed E-state index contributed by atoms with van der Waals surface area (Å²) in [6.45, 7) is 0.923. The monoisotopic (exact) mass is 331 g/mol. The molecule has 0 aromatic heterocycles. The number of rotatable bonds is 5. The zero-order chi connectivity index (χ0) is 13.0. The molecule has 0 aliphatic carbocycles. The molecule has 1 N–H and O–H groups in total. The van der Waals surface area contributed by atoms with E-state index in [0.29, 0.717) is 12.1 Å². The Labute approximate surface area is 122 Å². The molecule has 0 saturated carbocycles. The third kappa shape index (κ3) is 3.70. The Kier molecular flexibility index (Phi) is 5.49. The van der Waals surface area contributed by atoms with E-state index in [1.807, 2.05) is 19.2 Å². The SMILES string of the molecule is CNC(CCC1CCCO1)c1cc(Br)ccc1Cl. The Morgan fingerprint density at radius 1 is 1.56 bits per heavy atom. The van der Waals surface area contributed by atoms with Crippen LogP contribution in [0.15, 0.2) is 22.7 Å². The van der Waals surface area contributed by atoms with Crippen LogP contribution >= 0.6 is 27.5 Å². The first-order chi connectivity index (χ1) is 8.70. The summed E-state index contributed by atoms with van der Waals surface area (Å²) >= 11 is 9.77. The zero-order valence-corrected chi connectivity index (χ0v) is 12.9. The second-order valence-corrected chi connectivity index (χ2v) is 6.04. The maximum atomic E-state index is 6.27. The summed E-state index contributed by atoms with van der Waals surface area (Å²) in [5.74, 6) is 0. The number of ether oxygens (including phenoxy) is 1. The van der Waals surface area contributed by atoms with E-state index in [0.717, 1.165) is 34.5 Å². The fourth-order valence-electron chi connectivity index (χ4n) is 2.46. The van der Waals surface area contributed by atoms with Crippen LogP contribution in [0.3, 0.4) is 0 Å². The minimum Gasteiger partial charge on any atom is -0.378 e. The van der Waals surface area contributed by atoms with Crippen LogP contribution in [0.4, 0.5) is 0 Å². The second-order valence-electron chi connectivity index (χ2n) is 4.72. The van der Waals surface area contributed by atoms with Crippen molar-refractivity contribution in [3.05, 3.63) is 33.3 Å². The predicted octanol–water partition coefficient (Wildman–Crippen LogP) is 4.32. The van der Waals surface area contributed by atoms with E-state index < -0.39 is 0 Å². The average Bonchev–Trinajstić information content (AvgIpc) is 2.87. The summed E-state index contributed by atoms with van der Waals surface area (Å²) in [7, 11) is 1.98. The van der Waals surface area contributed by atoms with Gasteiger partial charge in [0.05, 0.1) is 6.10 Å². The summed E-state index contributed by atoms with van der Waals surface area (Å²) in [5, 5.41) is 4.17. The first-order valence-corrected chi connectivity index (χ1v) is 7.61. The quantitative estimate of drug-likeness (QED) is 0.867. The molecule has 1 aliphatic heterocycles. The molecule has 0 amide bonds. The molecule has 0 spiro atoms. The Morgan fingerprint density at radius 2 is 2.39 bits per heavy atom. The molecule has 1 aromatic rings. The third-order valence-corrected chi connectivity index (χ3v) is 4.32. The van der Waals surface area contributed by atoms with E-state index in [-0.39, 0.29) is 0 Å². The van der Waals surface area contributed by atoms with Gasteiger partial charge in [-0.2, -0.15) is 0 Å². The molecule has 2 nitrogen and oxygen atoms in total. The Balaban J connectivity index is 2.00. The normalized spacial score (nSPS) is 21.2. The van der Waals surface area contributed by atoms with Crippen molar-refractivity contribution < 1.29 is 4.74 Å². The van der Waals surface area contributed by atoms with Crippen molar-refractivity contribution in [2.45, 2.75) is 37.8 Å². The van der Waals surface area contributed by atoms with Gasteiger partial charge >= 0.3 is 0 Å². The summed E-state index contributed by atoms with van der Waals surface area (Å²) < 4.78 is 6.74. The van der Waals surface area contributed by atoms with Crippen LogP contribution in [0, 0.1) is 0 Å². The highest BCUT2D eigenvalue weighted by Crippen LogP contribution is 2.30. The molecule has 1 saturated heterocycles. The summed E-state index contributed by atoms with van der Waals surface area (Å²) in [6, 6.07) is 6.30. The molecule has 18 heavy (non-hydrogen) atoms. The van der Waals surface area contributed by atoms with E-state index in [9.17, 15) is 0 Å². The van der Waals surface area contributed by atoms with Gasteiger partial charge in [0.25, 0.3) is 0 Å². The Morgan fingerprint density at radius 3 is 3.06 bits per heavy atom. The lowest BCUT2D eigenvalue weighted by atomic mass is 9.99. The van der Waals surface area contributed by atoms with Gasteiger partial charge in [-0.05, 0) is 56.5 Å². The molecule has 1 aromatic carbocycles. The fraction of sp³-hybridized carbons (Fsp3) is 0.571. The van der Waals surface area contributed by atoms with Gasteiger partial charge in [0.2, 0.25) is 0 Å². The lowest BCUT2D eigenvalue weighted by molar-refractivity contribution is 0.0998. The van der Waals surface area contributed by atoms with Gasteiger partial charge in [0.15, 0.2) is 0 Å². The maximum Gasteiger partial charge on any atom is 0.0576 e. The van der Waals surface area contributed by atoms with E-state index in [1.54, 1.807) is 0 Å². The number of benzene rings is 1. The van der Waals surface area contributed by atoms with E-state index in [2.05, 4.69) is 27.3 Å². The molecule has 0 radical (unpaired) electrons. The van der Waals surface area contributed by atoms with Crippen molar-refractivity contribution >= 4 is 27.5 Å². The van der Waals surface area contributed by atoms with Gasteiger partial charge in [-0.15, -0.1) is 0 Å². The lowest BCUT2D eigenvalue weighted by Gasteiger charge is -2.20. The van der Waals surface area contributed by atoms with Crippen molar-refractivity contribution in [3.8, 4) is 0 Å². The van der Waals surface area contributed by atoms with Crippen LogP contribution < -0.4 is 5.32 Å². The molecule has 0 bridgehead atoms. The summed E-state index contributed by atoms with van der Waals surface area (Å²) in [5.41, 5.74) is 1.16. The van der Waals surface area contributed by atoms with Crippen LogP contribution in [-0.2, 0) is 4.74 Å². The molecule has 4 heteroatoms. The van der Waals surface area contributed by atoms with Crippen LogP contribution in [-0.4, -0.2) is 19.8 Å². The Bertz CT molecular complexity index is 393. The smallest absolute Gasteiger partial charge is 0.0576 e. The van der Waals surface area contributed by atoms with E-state index in [4.69, 9.17) is 16.3 Å². The minimum atomic E-state index is 0.291. The Hall–Kier alpha value is -0.0900. The number of hydrogen-bond donors (Lipinski definition) is 1. The zero-order valence-electron chi connectivity index (χ0n) is 10.6. The average molecular weight is 333 g/mol. The van der Waals surface area contributed by atoms with Gasteiger partial charge < -0.3 is 10.1 Å². The van der Waals surface area contributed by atoms with E-state index >= 15 is 0 Å². The minimum absolute atomic E-state index is 0.291. The number of hydrogen-bond acceptors (Lipinski definition) is 2. The highest BCUT2D eigenvalue weighted by molar-refractivity contribution is 9.10. The van der Waals surface area contributed by atoms with Gasteiger partial charge in [-0.3, -0.25) is 0 Å². The highest BCUT2D eigenvalue weighted by atomic mass is 79.9. The molecule has 1 fully saturated rings. The largest absolute Gasteiger partial charge is 0.378 e.